The van der Waals surface area contributed by atoms with Crippen molar-refractivity contribution in [3.8, 4) is 11.5 Å². The second-order valence-corrected chi connectivity index (χ2v) is 11.5. The third-order valence-electron chi connectivity index (χ3n) is 7.83. The first-order chi connectivity index (χ1) is 18.1. The number of aliphatic hydroxyl groups excluding tert-OH is 2. The lowest BCUT2D eigenvalue weighted by molar-refractivity contribution is -0.127. The van der Waals surface area contributed by atoms with Gasteiger partial charge in [-0.1, -0.05) is 33.8 Å². The van der Waals surface area contributed by atoms with E-state index >= 15 is 0 Å². The van der Waals surface area contributed by atoms with Gasteiger partial charge in [-0.2, -0.15) is 0 Å². The Balaban J connectivity index is 2.01. The fourth-order valence-electron chi connectivity index (χ4n) is 5.15. The summed E-state index contributed by atoms with van der Waals surface area (Å²) < 4.78 is 21.8. The van der Waals surface area contributed by atoms with Crippen molar-refractivity contribution in [1.29, 1.82) is 0 Å². The topological polar surface area (TPSA) is 120 Å². The molecule has 218 valence electrons. The Morgan fingerprint density at radius 2 is 1.82 bits per heavy atom. The monoisotopic (exact) mass is 537 g/mol. The molecule has 1 aliphatic rings. The Labute approximate surface area is 229 Å². The van der Waals surface area contributed by atoms with Crippen LogP contribution >= 0.6 is 0 Å². The van der Waals surface area contributed by atoms with E-state index in [1.54, 1.807) is 14.2 Å². The number of aliphatic hydroxyl groups is 2. The largest absolute Gasteiger partial charge is 0.493 e. The van der Waals surface area contributed by atoms with Crippen molar-refractivity contribution in [2.45, 2.75) is 78.0 Å². The molecule has 8 nitrogen and oxygen atoms in total. The molecule has 0 spiro atoms. The Bertz CT molecular complexity index is 831. The highest BCUT2D eigenvalue weighted by atomic mass is 16.5. The number of nitrogens with two attached hydrogens (primary N) is 1. The molecule has 0 aliphatic carbocycles. The molecule has 1 saturated heterocycles. The van der Waals surface area contributed by atoms with Crippen LogP contribution in [0, 0.1) is 29.6 Å². The van der Waals surface area contributed by atoms with Crippen LogP contribution < -0.4 is 15.2 Å². The van der Waals surface area contributed by atoms with Crippen molar-refractivity contribution in [2.24, 2.45) is 35.3 Å². The second-order valence-electron chi connectivity index (χ2n) is 11.5. The van der Waals surface area contributed by atoms with Gasteiger partial charge in [0.15, 0.2) is 11.5 Å². The average Bonchev–Trinajstić information content (AvgIpc) is 3.28. The Kier molecular flexibility index (Phi) is 14.0. The van der Waals surface area contributed by atoms with Crippen LogP contribution in [-0.2, 0) is 20.7 Å². The zero-order valence-electron chi connectivity index (χ0n) is 24.2. The molecule has 2 rings (SSSR count). The van der Waals surface area contributed by atoms with Gasteiger partial charge in [-0.15, -0.1) is 0 Å². The lowest BCUT2D eigenvalue weighted by Gasteiger charge is -2.30. The molecule has 1 aromatic rings. The highest BCUT2D eigenvalue weighted by molar-refractivity contribution is 5.81. The number of ether oxygens (including phenoxy) is 4. The summed E-state index contributed by atoms with van der Waals surface area (Å²) >= 11 is 0. The van der Waals surface area contributed by atoms with Crippen LogP contribution in [-0.4, -0.2) is 74.9 Å². The molecule has 1 fully saturated rings. The third kappa shape index (κ3) is 10.1. The van der Waals surface area contributed by atoms with Crippen molar-refractivity contribution < 1.29 is 34.0 Å². The lowest BCUT2D eigenvalue weighted by atomic mass is 9.78. The van der Waals surface area contributed by atoms with Gasteiger partial charge in [-0.3, -0.25) is 4.79 Å². The summed E-state index contributed by atoms with van der Waals surface area (Å²) in [6.45, 7) is 10.2. The fraction of sp³-hybridized carbons (Fsp3) is 0.767. The predicted molar refractivity (Wildman–Crippen MR) is 148 cm³/mol. The first-order valence-electron chi connectivity index (χ1n) is 14.1. The Morgan fingerprint density at radius 1 is 1.08 bits per heavy atom. The molecular weight excluding hydrogens is 486 g/mol. The minimum atomic E-state index is -0.784. The number of methoxy groups -OCH3 is 2. The van der Waals surface area contributed by atoms with Gasteiger partial charge in [0.1, 0.15) is 5.78 Å². The molecule has 1 aromatic carbocycles. The molecule has 2 unspecified atom stereocenters. The first-order valence-corrected chi connectivity index (χ1v) is 14.1. The van der Waals surface area contributed by atoms with Crippen LogP contribution in [0.15, 0.2) is 18.2 Å². The maximum absolute atomic E-state index is 13.1. The van der Waals surface area contributed by atoms with Crippen molar-refractivity contribution in [3.63, 3.8) is 0 Å². The average molecular weight is 538 g/mol. The summed E-state index contributed by atoms with van der Waals surface area (Å²) in [6.07, 6.45) is 1.45. The second kappa shape index (κ2) is 16.4. The SMILES string of the molecule is COCCCOc1cc(C[C@@H](C[C@H](N)[C@@H](O)C[C@H](C(=O)CC2COCC2O)C(C)C)C(C)C)ccc1OC. The maximum atomic E-state index is 13.1. The highest BCUT2D eigenvalue weighted by Gasteiger charge is 2.34. The minimum absolute atomic E-state index is 0.0671. The van der Waals surface area contributed by atoms with E-state index < -0.39 is 18.2 Å². The van der Waals surface area contributed by atoms with Gasteiger partial charge in [0, 0.05) is 44.4 Å². The number of Topliss-reactive ketones (excluding diaryl/α,β-unsaturated/α-hetero) is 1. The van der Waals surface area contributed by atoms with Crippen molar-refractivity contribution in [1.82, 2.24) is 0 Å². The Morgan fingerprint density at radius 3 is 2.39 bits per heavy atom. The zero-order valence-corrected chi connectivity index (χ0v) is 24.2. The molecule has 0 saturated carbocycles. The number of carbonyl (C=O) groups is 1. The molecule has 6 atom stereocenters. The summed E-state index contributed by atoms with van der Waals surface area (Å²) in [5.41, 5.74) is 7.66. The van der Waals surface area contributed by atoms with Crippen LogP contribution in [0.3, 0.4) is 0 Å². The number of ketones is 1. The summed E-state index contributed by atoms with van der Waals surface area (Å²) in [5, 5.41) is 21.1. The van der Waals surface area contributed by atoms with Crippen molar-refractivity contribution >= 4 is 5.78 Å². The van der Waals surface area contributed by atoms with Crippen LogP contribution in [0.4, 0.5) is 0 Å². The quantitative estimate of drug-likeness (QED) is 0.243. The summed E-state index contributed by atoms with van der Waals surface area (Å²) in [6, 6.07) is 5.56. The third-order valence-corrected chi connectivity index (χ3v) is 7.83. The van der Waals surface area contributed by atoms with Crippen molar-refractivity contribution in [2.75, 3.05) is 40.6 Å². The maximum Gasteiger partial charge on any atom is 0.161 e. The first kappa shape index (κ1) is 32.5. The predicted octanol–water partition coefficient (Wildman–Crippen LogP) is 3.63. The molecule has 0 bridgehead atoms. The van der Waals surface area contributed by atoms with Crippen molar-refractivity contribution in [3.05, 3.63) is 23.8 Å². The normalized spacial score (nSPS) is 20.9. The van der Waals surface area contributed by atoms with Crippen LogP contribution in [0.5, 0.6) is 11.5 Å². The van der Waals surface area contributed by atoms with Gasteiger partial charge in [-0.25, -0.2) is 0 Å². The molecule has 38 heavy (non-hydrogen) atoms. The standard InChI is InChI=1S/C30H51NO7/c1-19(2)22(12-21-8-9-29(36-6)30(13-21)38-11-7-10-35-5)14-25(31)27(33)16-24(20(3)4)26(32)15-23-17-37-18-28(23)34/h8-9,13,19-20,22-25,27-28,33-34H,7,10-12,14-18,31H2,1-6H3/t22-,23?,24-,25-,27-,28?/m0/s1. The van der Waals surface area contributed by atoms with Gasteiger partial charge in [-0.05, 0) is 54.7 Å². The molecule has 4 N–H and O–H groups in total. The summed E-state index contributed by atoms with van der Waals surface area (Å²) in [4.78, 5) is 13.1. The highest BCUT2D eigenvalue weighted by Crippen LogP contribution is 2.32. The molecular formula is C30H51NO7. The van der Waals surface area contributed by atoms with E-state index in [0.717, 1.165) is 18.4 Å². The number of rotatable bonds is 18. The van der Waals surface area contributed by atoms with Gasteiger partial charge in [0.05, 0.1) is 39.1 Å². The number of hydrogen-bond acceptors (Lipinski definition) is 8. The van der Waals surface area contributed by atoms with Gasteiger partial charge >= 0.3 is 0 Å². The molecule has 8 heteroatoms. The minimum Gasteiger partial charge on any atom is -0.493 e. The molecule has 1 aliphatic heterocycles. The molecule has 1 heterocycles. The molecule has 0 amide bonds. The smallest absolute Gasteiger partial charge is 0.161 e. The van der Waals surface area contributed by atoms with Crippen LogP contribution in [0.25, 0.3) is 0 Å². The molecule has 0 aromatic heterocycles. The van der Waals surface area contributed by atoms with Crippen LogP contribution in [0.1, 0.15) is 58.9 Å². The molecule has 0 radical (unpaired) electrons. The van der Waals surface area contributed by atoms with Crippen LogP contribution in [0.2, 0.25) is 0 Å². The van der Waals surface area contributed by atoms with E-state index in [4.69, 9.17) is 24.7 Å². The fourth-order valence-corrected chi connectivity index (χ4v) is 5.15. The number of carbonyl (C=O) groups excluding carboxylic acids is 1. The van der Waals surface area contributed by atoms with Gasteiger partial charge in [0.25, 0.3) is 0 Å². The Hall–Kier alpha value is -1.71. The van der Waals surface area contributed by atoms with E-state index in [1.165, 1.54) is 0 Å². The number of hydrogen-bond donors (Lipinski definition) is 3. The van der Waals surface area contributed by atoms with E-state index in [9.17, 15) is 15.0 Å². The van der Waals surface area contributed by atoms with Gasteiger partial charge in [0.2, 0.25) is 0 Å². The zero-order chi connectivity index (χ0) is 28.2. The van der Waals surface area contributed by atoms with E-state index in [-0.39, 0.29) is 42.5 Å². The van der Waals surface area contributed by atoms with E-state index in [1.807, 2.05) is 32.0 Å². The lowest BCUT2D eigenvalue weighted by Crippen LogP contribution is -2.41. The summed E-state index contributed by atoms with van der Waals surface area (Å²) in [5.74, 6) is 1.67. The van der Waals surface area contributed by atoms with E-state index in [2.05, 4.69) is 13.8 Å². The van der Waals surface area contributed by atoms with Gasteiger partial charge < -0.3 is 34.9 Å². The van der Waals surface area contributed by atoms with E-state index in [0.29, 0.717) is 50.1 Å². The summed E-state index contributed by atoms with van der Waals surface area (Å²) in [7, 11) is 3.31. The number of benzene rings is 1.